The predicted molar refractivity (Wildman–Crippen MR) is 159 cm³/mol. The van der Waals surface area contributed by atoms with Crippen LogP contribution in [0.5, 0.6) is 0 Å². The molecule has 1 unspecified atom stereocenters. The molecule has 0 radical (unpaired) electrons. The summed E-state index contributed by atoms with van der Waals surface area (Å²) in [6.45, 7) is 22.4. The second kappa shape index (κ2) is 13.3. The number of aryl methyl sites for hydroxylation is 4. The molecule has 1 heterocycles. The number of carbonyl (C=O) groups is 1. The van der Waals surface area contributed by atoms with E-state index < -0.39 is 0 Å². The van der Waals surface area contributed by atoms with Crippen molar-refractivity contribution in [3.05, 3.63) is 129 Å². The third-order valence-electron chi connectivity index (χ3n) is 7.44. The molecule has 7 heteroatoms. The molecule has 0 saturated heterocycles. The molecular formula is C33H37KN4O2. The summed E-state index contributed by atoms with van der Waals surface area (Å²) in [5.74, 6) is -0.192. The summed E-state index contributed by atoms with van der Waals surface area (Å²) in [6, 6.07) is 12.0. The van der Waals surface area contributed by atoms with Gasteiger partial charge in [0.2, 0.25) is 0 Å². The minimum atomic E-state index is -0.265. The van der Waals surface area contributed by atoms with Gasteiger partial charge in [-0.1, -0.05) is 61.5 Å². The van der Waals surface area contributed by atoms with Crippen LogP contribution in [0.15, 0.2) is 73.5 Å². The Morgan fingerprint density at radius 3 is 2.45 bits per heavy atom. The van der Waals surface area contributed by atoms with Crippen molar-refractivity contribution in [3.8, 4) is 0 Å². The minimum absolute atomic E-state index is 0. The Labute approximate surface area is 280 Å². The Hall–Kier alpha value is -2.68. The van der Waals surface area contributed by atoms with Crippen molar-refractivity contribution in [2.75, 3.05) is 0 Å². The molecule has 1 aromatic heterocycles. The van der Waals surface area contributed by atoms with E-state index in [4.69, 9.17) is 5.32 Å². The SMILES string of the molecule is C=C(/C=C(/C(=C)[N-]C1CCc2c1ccc(C(=C)O)c2C)n1nc(C)cc1C)C(=O)NCc1ccc(C)c(C)c1.[K+]. The Balaban J connectivity index is 0.00000441. The van der Waals surface area contributed by atoms with Gasteiger partial charge >= 0.3 is 51.4 Å². The van der Waals surface area contributed by atoms with E-state index in [0.717, 1.165) is 46.5 Å². The first kappa shape index (κ1) is 31.8. The van der Waals surface area contributed by atoms with Crippen LogP contribution in [0.3, 0.4) is 0 Å². The van der Waals surface area contributed by atoms with E-state index in [1.54, 1.807) is 10.8 Å². The number of hydrogen-bond donors (Lipinski definition) is 2. The molecular weight excluding hydrogens is 523 g/mol. The first-order valence-corrected chi connectivity index (χ1v) is 13.2. The minimum Gasteiger partial charge on any atom is -0.677 e. The van der Waals surface area contributed by atoms with Gasteiger partial charge < -0.3 is 15.7 Å². The first-order chi connectivity index (χ1) is 18.5. The number of allylic oxidation sites excluding steroid dienone is 1. The molecule has 202 valence electrons. The Bertz CT molecular complexity index is 1530. The molecule has 4 rings (SSSR count). The van der Waals surface area contributed by atoms with Crippen LogP contribution in [0.25, 0.3) is 16.8 Å². The summed E-state index contributed by atoms with van der Waals surface area (Å²) >= 11 is 0. The molecule has 2 aromatic carbocycles. The second-order valence-corrected chi connectivity index (χ2v) is 10.4. The van der Waals surface area contributed by atoms with Gasteiger partial charge in [0.15, 0.2) is 0 Å². The molecule has 6 nitrogen and oxygen atoms in total. The second-order valence-electron chi connectivity index (χ2n) is 10.4. The Morgan fingerprint density at radius 1 is 1.10 bits per heavy atom. The van der Waals surface area contributed by atoms with Gasteiger partial charge in [0.25, 0.3) is 5.91 Å². The van der Waals surface area contributed by atoms with E-state index in [1.165, 1.54) is 16.7 Å². The predicted octanol–water partition coefficient (Wildman–Crippen LogP) is 4.25. The number of aliphatic hydroxyl groups excluding tert-OH is 1. The molecule has 1 aliphatic carbocycles. The monoisotopic (exact) mass is 560 g/mol. The smallest absolute Gasteiger partial charge is 0.677 e. The van der Waals surface area contributed by atoms with Gasteiger partial charge in [0, 0.05) is 23.4 Å². The molecule has 0 spiro atoms. The van der Waals surface area contributed by atoms with E-state index in [0.29, 0.717) is 23.5 Å². The van der Waals surface area contributed by atoms with Crippen LogP contribution in [0.4, 0.5) is 0 Å². The Morgan fingerprint density at radius 2 is 1.82 bits per heavy atom. The maximum Gasteiger partial charge on any atom is 1.00 e. The van der Waals surface area contributed by atoms with Gasteiger partial charge in [-0.3, -0.25) is 4.79 Å². The third kappa shape index (κ3) is 6.96. The average Bonchev–Trinajstić information content (AvgIpc) is 3.44. The van der Waals surface area contributed by atoms with Gasteiger partial charge in [-0.25, -0.2) is 4.68 Å². The summed E-state index contributed by atoms with van der Waals surface area (Å²) in [5.41, 5.74) is 10.7. The largest absolute Gasteiger partial charge is 1.00 e. The van der Waals surface area contributed by atoms with Crippen molar-refractivity contribution in [3.63, 3.8) is 0 Å². The van der Waals surface area contributed by atoms with Gasteiger partial charge in [0.1, 0.15) is 5.76 Å². The molecule has 3 aromatic rings. The molecule has 1 aliphatic rings. The van der Waals surface area contributed by atoms with Gasteiger partial charge in [-0.05, 0) is 81.0 Å². The fraction of sp³-hybridized carbons (Fsp3) is 0.273. The normalized spacial score (nSPS) is 14.2. The molecule has 1 amide bonds. The van der Waals surface area contributed by atoms with Crippen molar-refractivity contribution >= 4 is 17.4 Å². The van der Waals surface area contributed by atoms with Crippen LogP contribution in [0, 0.1) is 34.6 Å². The van der Waals surface area contributed by atoms with E-state index in [2.05, 4.69) is 56.1 Å². The number of amides is 1. The summed E-state index contributed by atoms with van der Waals surface area (Å²) in [7, 11) is 0. The molecule has 0 fully saturated rings. The summed E-state index contributed by atoms with van der Waals surface area (Å²) in [6.07, 6.45) is 3.40. The number of rotatable bonds is 9. The van der Waals surface area contributed by atoms with Gasteiger partial charge in [-0.15, -0.1) is 12.3 Å². The number of hydrogen-bond acceptors (Lipinski definition) is 3. The van der Waals surface area contributed by atoms with Gasteiger partial charge in [-0.2, -0.15) is 5.10 Å². The molecule has 40 heavy (non-hydrogen) atoms. The maximum atomic E-state index is 13.0. The standard InChI is InChI=1S/C33H37N4O2.K/c1-19-9-10-27(15-20(19)2)18-34-33(39)21(3)16-32(37-23(5)17-22(4)36-37)25(7)35-31-14-13-29-24(6)28(26(8)38)11-12-30(29)31;/h9-12,15-17,31,38H,3,7-8,13-14,18H2,1-2,4-6H3,(H,34,39);/q-1;+1/b32-16-;. The van der Waals surface area contributed by atoms with Crippen LogP contribution in [0.2, 0.25) is 0 Å². The number of nitrogens with zero attached hydrogens (tertiary/aromatic N) is 3. The number of fused-ring (bicyclic) bond motifs is 1. The van der Waals surface area contributed by atoms with E-state index in [1.807, 2.05) is 45.0 Å². The van der Waals surface area contributed by atoms with Crippen LogP contribution in [0.1, 0.15) is 62.8 Å². The van der Waals surface area contributed by atoms with Crippen LogP contribution < -0.4 is 56.7 Å². The van der Waals surface area contributed by atoms with E-state index >= 15 is 0 Å². The molecule has 0 bridgehead atoms. The molecule has 0 saturated carbocycles. The quantitative estimate of drug-likeness (QED) is 0.178. The fourth-order valence-electron chi connectivity index (χ4n) is 5.14. The summed E-state index contributed by atoms with van der Waals surface area (Å²) in [5, 5.41) is 22.5. The third-order valence-corrected chi connectivity index (χ3v) is 7.44. The zero-order chi connectivity index (χ0) is 28.4. The molecule has 1 atom stereocenters. The summed E-state index contributed by atoms with van der Waals surface area (Å²) < 4.78 is 1.77. The number of aliphatic hydroxyl groups is 1. The number of benzene rings is 2. The van der Waals surface area contributed by atoms with Crippen molar-refractivity contribution < 1.29 is 61.3 Å². The van der Waals surface area contributed by atoms with Gasteiger partial charge in [0.05, 0.1) is 11.4 Å². The van der Waals surface area contributed by atoms with Crippen molar-refractivity contribution in [2.24, 2.45) is 0 Å². The average molecular weight is 561 g/mol. The van der Waals surface area contributed by atoms with Crippen molar-refractivity contribution in [1.29, 1.82) is 0 Å². The van der Waals surface area contributed by atoms with E-state index in [9.17, 15) is 9.90 Å². The molecule has 2 N–H and O–H groups in total. The van der Waals surface area contributed by atoms with Crippen LogP contribution in [-0.4, -0.2) is 20.8 Å². The zero-order valence-corrected chi connectivity index (χ0v) is 27.7. The fourth-order valence-corrected chi connectivity index (χ4v) is 5.14. The first-order valence-electron chi connectivity index (χ1n) is 13.2. The Kier molecular flexibility index (Phi) is 10.6. The zero-order valence-electron chi connectivity index (χ0n) is 24.6. The van der Waals surface area contributed by atoms with E-state index in [-0.39, 0.29) is 69.1 Å². The topological polar surface area (TPSA) is 81.2 Å². The van der Waals surface area contributed by atoms with Crippen LogP contribution >= 0.6 is 0 Å². The van der Waals surface area contributed by atoms with Crippen molar-refractivity contribution in [1.82, 2.24) is 15.1 Å². The summed E-state index contributed by atoms with van der Waals surface area (Å²) in [4.78, 5) is 13.0. The number of carbonyl (C=O) groups excluding carboxylic acids is 1. The number of aromatic nitrogens is 2. The van der Waals surface area contributed by atoms with Crippen molar-refractivity contribution in [2.45, 2.75) is 60.0 Å². The maximum absolute atomic E-state index is 13.0. The van der Waals surface area contributed by atoms with Crippen LogP contribution in [-0.2, 0) is 17.8 Å². The number of nitrogens with one attached hydrogen (secondary N) is 1. The molecule has 0 aliphatic heterocycles.